The molecular formula is C13H19N3O4S. The number of anilines is 1. The number of benzene rings is 1. The zero-order valence-corrected chi connectivity index (χ0v) is 12.9. The van der Waals surface area contributed by atoms with E-state index in [0.717, 1.165) is 11.3 Å². The molecule has 1 aliphatic rings. The topological polar surface area (TPSA) is 92.6 Å². The highest BCUT2D eigenvalue weighted by Crippen LogP contribution is 2.24. The van der Waals surface area contributed by atoms with Crippen molar-refractivity contribution in [3.8, 4) is 0 Å². The summed E-state index contributed by atoms with van der Waals surface area (Å²) in [6.45, 7) is 5.18. The van der Waals surface area contributed by atoms with Gasteiger partial charge in [-0.25, -0.2) is 12.7 Å². The predicted octanol–water partition coefficient (Wildman–Crippen LogP) is 1.60. The Hall–Kier alpha value is -1.67. The van der Waals surface area contributed by atoms with Crippen molar-refractivity contribution < 1.29 is 13.3 Å². The Morgan fingerprint density at radius 2 is 2.10 bits per heavy atom. The summed E-state index contributed by atoms with van der Waals surface area (Å²) < 4.78 is 24.7. The van der Waals surface area contributed by atoms with Gasteiger partial charge in [0, 0.05) is 43.4 Å². The SMILES string of the molecule is CCS(=O)(=O)N1CC(CNc2ccc([N+](=O)[O-])cc2C)C1. The molecule has 0 amide bonds. The first-order valence-electron chi connectivity index (χ1n) is 6.80. The minimum atomic E-state index is -3.07. The maximum atomic E-state index is 11.6. The van der Waals surface area contributed by atoms with E-state index in [1.165, 1.54) is 16.4 Å². The number of sulfonamides is 1. The van der Waals surface area contributed by atoms with Gasteiger partial charge in [-0.15, -0.1) is 0 Å². The van der Waals surface area contributed by atoms with Gasteiger partial charge in [-0.2, -0.15) is 0 Å². The lowest BCUT2D eigenvalue weighted by molar-refractivity contribution is -0.384. The van der Waals surface area contributed by atoms with Crippen LogP contribution in [0.15, 0.2) is 18.2 Å². The van der Waals surface area contributed by atoms with Gasteiger partial charge in [0.05, 0.1) is 10.7 Å². The van der Waals surface area contributed by atoms with Gasteiger partial charge in [-0.05, 0) is 25.5 Å². The van der Waals surface area contributed by atoms with E-state index in [9.17, 15) is 18.5 Å². The van der Waals surface area contributed by atoms with Gasteiger partial charge in [0.15, 0.2) is 0 Å². The minimum Gasteiger partial charge on any atom is -0.384 e. The third-order valence-electron chi connectivity index (χ3n) is 3.68. The first kappa shape index (κ1) is 15.7. The van der Waals surface area contributed by atoms with Crippen molar-refractivity contribution in [2.24, 2.45) is 5.92 Å². The molecule has 2 rings (SSSR count). The molecule has 0 saturated carbocycles. The summed E-state index contributed by atoms with van der Waals surface area (Å²) in [7, 11) is -3.07. The van der Waals surface area contributed by atoms with Crippen LogP contribution in [0.2, 0.25) is 0 Å². The van der Waals surface area contributed by atoms with E-state index in [2.05, 4.69) is 5.32 Å². The lowest BCUT2D eigenvalue weighted by Crippen LogP contribution is -2.52. The number of hydrogen-bond donors (Lipinski definition) is 1. The van der Waals surface area contributed by atoms with Crippen molar-refractivity contribution in [2.75, 3.05) is 30.7 Å². The molecule has 1 heterocycles. The van der Waals surface area contributed by atoms with Gasteiger partial charge in [0.2, 0.25) is 10.0 Å². The van der Waals surface area contributed by atoms with Crippen molar-refractivity contribution in [3.63, 3.8) is 0 Å². The number of rotatable bonds is 6. The van der Waals surface area contributed by atoms with Crippen LogP contribution in [0, 0.1) is 23.0 Å². The van der Waals surface area contributed by atoms with Crippen LogP contribution in [-0.2, 0) is 10.0 Å². The normalized spacial score (nSPS) is 16.5. The fraction of sp³-hybridized carbons (Fsp3) is 0.538. The highest BCUT2D eigenvalue weighted by Gasteiger charge is 2.34. The summed E-state index contributed by atoms with van der Waals surface area (Å²) in [4.78, 5) is 10.2. The molecular weight excluding hydrogens is 294 g/mol. The molecule has 0 unspecified atom stereocenters. The maximum Gasteiger partial charge on any atom is 0.269 e. The minimum absolute atomic E-state index is 0.0712. The molecule has 21 heavy (non-hydrogen) atoms. The molecule has 0 radical (unpaired) electrons. The van der Waals surface area contributed by atoms with E-state index in [1.54, 1.807) is 13.0 Å². The fourth-order valence-corrected chi connectivity index (χ4v) is 3.52. The summed E-state index contributed by atoms with van der Waals surface area (Å²) in [5.74, 6) is 0.412. The van der Waals surface area contributed by atoms with E-state index >= 15 is 0 Å². The first-order chi connectivity index (χ1) is 9.83. The summed E-state index contributed by atoms with van der Waals surface area (Å²) in [5.41, 5.74) is 1.72. The van der Waals surface area contributed by atoms with Crippen LogP contribution in [0.5, 0.6) is 0 Å². The largest absolute Gasteiger partial charge is 0.384 e. The molecule has 7 nitrogen and oxygen atoms in total. The van der Waals surface area contributed by atoms with E-state index in [1.807, 2.05) is 6.92 Å². The van der Waals surface area contributed by atoms with Crippen molar-refractivity contribution >= 4 is 21.4 Å². The Morgan fingerprint density at radius 1 is 1.43 bits per heavy atom. The second kappa shape index (κ2) is 5.98. The van der Waals surface area contributed by atoms with Gasteiger partial charge in [0.1, 0.15) is 0 Å². The lowest BCUT2D eigenvalue weighted by atomic mass is 10.0. The highest BCUT2D eigenvalue weighted by atomic mass is 32.2. The van der Waals surface area contributed by atoms with Gasteiger partial charge in [0.25, 0.3) is 5.69 Å². The number of nitrogens with zero attached hydrogens (tertiary/aromatic N) is 2. The molecule has 1 aromatic carbocycles. The third-order valence-corrected chi connectivity index (χ3v) is 5.50. The summed E-state index contributed by atoms with van der Waals surface area (Å²) >= 11 is 0. The second-order valence-corrected chi connectivity index (χ2v) is 7.48. The van der Waals surface area contributed by atoms with Crippen LogP contribution in [0.3, 0.4) is 0 Å². The predicted molar refractivity (Wildman–Crippen MR) is 80.8 cm³/mol. The van der Waals surface area contributed by atoms with Gasteiger partial charge in [-0.3, -0.25) is 10.1 Å². The van der Waals surface area contributed by atoms with Crippen LogP contribution in [-0.4, -0.2) is 43.0 Å². The molecule has 0 atom stereocenters. The molecule has 1 aromatic rings. The highest BCUT2D eigenvalue weighted by molar-refractivity contribution is 7.89. The quantitative estimate of drug-likeness (QED) is 0.636. The fourth-order valence-electron chi connectivity index (χ4n) is 2.28. The number of non-ortho nitro benzene ring substituents is 1. The molecule has 0 bridgehead atoms. The molecule has 1 N–H and O–H groups in total. The maximum absolute atomic E-state index is 11.6. The van der Waals surface area contributed by atoms with Crippen molar-refractivity contribution in [1.82, 2.24) is 4.31 Å². The molecule has 1 fully saturated rings. The standard InChI is InChI=1S/C13H19N3O4S/c1-3-21(19,20)15-8-11(9-15)7-14-13-5-4-12(16(17)18)6-10(13)2/h4-6,11,14H,3,7-9H2,1-2H3. The average Bonchev–Trinajstić information content (AvgIpc) is 2.38. The van der Waals surface area contributed by atoms with E-state index in [0.29, 0.717) is 19.6 Å². The molecule has 1 aliphatic heterocycles. The Kier molecular flexibility index (Phi) is 4.48. The van der Waals surface area contributed by atoms with E-state index < -0.39 is 14.9 Å². The number of nitrogens with one attached hydrogen (secondary N) is 1. The van der Waals surface area contributed by atoms with Crippen LogP contribution >= 0.6 is 0 Å². The summed E-state index contributed by atoms with van der Waals surface area (Å²) in [6, 6.07) is 4.67. The zero-order valence-electron chi connectivity index (χ0n) is 12.1. The van der Waals surface area contributed by atoms with Crippen LogP contribution in [0.1, 0.15) is 12.5 Å². The molecule has 116 valence electrons. The van der Waals surface area contributed by atoms with Crippen molar-refractivity contribution in [2.45, 2.75) is 13.8 Å². The Balaban J connectivity index is 1.87. The monoisotopic (exact) mass is 313 g/mol. The number of aryl methyl sites for hydroxylation is 1. The number of nitro groups is 1. The molecule has 0 aromatic heterocycles. The number of nitro benzene ring substituents is 1. The van der Waals surface area contributed by atoms with Crippen LogP contribution in [0.4, 0.5) is 11.4 Å². The first-order valence-corrected chi connectivity index (χ1v) is 8.41. The average molecular weight is 313 g/mol. The lowest BCUT2D eigenvalue weighted by Gasteiger charge is -2.38. The summed E-state index contributed by atoms with van der Waals surface area (Å²) in [6.07, 6.45) is 0. The molecule has 8 heteroatoms. The Morgan fingerprint density at radius 3 is 2.62 bits per heavy atom. The summed E-state index contributed by atoms with van der Waals surface area (Å²) in [5, 5.41) is 13.9. The smallest absolute Gasteiger partial charge is 0.269 e. The van der Waals surface area contributed by atoms with Crippen LogP contribution in [0.25, 0.3) is 0 Å². The van der Waals surface area contributed by atoms with Crippen LogP contribution < -0.4 is 5.32 Å². The second-order valence-electron chi connectivity index (χ2n) is 5.22. The van der Waals surface area contributed by atoms with Crippen molar-refractivity contribution in [1.29, 1.82) is 0 Å². The molecule has 0 aliphatic carbocycles. The van der Waals surface area contributed by atoms with Gasteiger partial charge < -0.3 is 5.32 Å². The number of hydrogen-bond acceptors (Lipinski definition) is 5. The third kappa shape index (κ3) is 3.51. The Bertz CT molecular complexity index is 639. The van der Waals surface area contributed by atoms with Crippen molar-refractivity contribution in [3.05, 3.63) is 33.9 Å². The Labute approximate surface area is 124 Å². The molecule has 1 saturated heterocycles. The molecule has 0 spiro atoms. The van der Waals surface area contributed by atoms with E-state index in [4.69, 9.17) is 0 Å². The van der Waals surface area contributed by atoms with Gasteiger partial charge >= 0.3 is 0 Å². The van der Waals surface area contributed by atoms with Gasteiger partial charge in [-0.1, -0.05) is 0 Å². The van der Waals surface area contributed by atoms with E-state index in [-0.39, 0.29) is 17.4 Å². The zero-order chi connectivity index (χ0) is 15.6.